The number of hydrogen-bond acceptors (Lipinski definition) is 1. The highest BCUT2D eigenvalue weighted by atomic mass is 16.4. The number of carboxylic acid groups (broad SMARTS) is 1. The van der Waals surface area contributed by atoms with Crippen LogP contribution in [0.1, 0.15) is 81.5 Å². The lowest BCUT2D eigenvalue weighted by Crippen LogP contribution is -2.03. The van der Waals surface area contributed by atoms with Crippen molar-refractivity contribution in [2.75, 3.05) is 0 Å². The molecular formula is C18H26O2. The lowest BCUT2D eigenvalue weighted by atomic mass is 9.84. The summed E-state index contributed by atoms with van der Waals surface area (Å²) in [7, 11) is 0. The van der Waals surface area contributed by atoms with E-state index in [0.29, 0.717) is 17.8 Å². The minimum absolute atomic E-state index is 0.375. The lowest BCUT2D eigenvalue weighted by Gasteiger charge is -2.21. The summed E-state index contributed by atoms with van der Waals surface area (Å²) in [6.07, 6.45) is 2.99. The molecule has 0 radical (unpaired) electrons. The van der Waals surface area contributed by atoms with Crippen LogP contribution < -0.4 is 0 Å². The van der Waals surface area contributed by atoms with Crippen molar-refractivity contribution < 1.29 is 9.90 Å². The Hall–Kier alpha value is -1.57. The molecule has 0 aliphatic rings. The summed E-state index contributed by atoms with van der Waals surface area (Å²) < 4.78 is 0. The van der Waals surface area contributed by atoms with E-state index in [1.807, 2.05) is 0 Å². The van der Waals surface area contributed by atoms with E-state index in [9.17, 15) is 4.79 Å². The fourth-order valence-corrected chi connectivity index (χ4v) is 2.36. The van der Waals surface area contributed by atoms with Gasteiger partial charge in [-0.25, -0.2) is 4.79 Å². The lowest BCUT2D eigenvalue weighted by molar-refractivity contribution is -0.131. The maximum Gasteiger partial charge on any atom is 0.328 e. The van der Waals surface area contributed by atoms with Crippen LogP contribution >= 0.6 is 0 Å². The molecule has 0 bridgehead atoms. The van der Waals surface area contributed by atoms with Gasteiger partial charge in [0.15, 0.2) is 0 Å². The molecule has 0 spiro atoms. The van der Waals surface area contributed by atoms with Gasteiger partial charge >= 0.3 is 5.97 Å². The predicted molar refractivity (Wildman–Crippen MR) is 85.4 cm³/mol. The number of benzene rings is 1. The van der Waals surface area contributed by atoms with Crippen LogP contribution in [0, 0.1) is 0 Å². The molecule has 1 aromatic carbocycles. The van der Waals surface area contributed by atoms with E-state index in [0.717, 1.165) is 5.56 Å². The van der Waals surface area contributed by atoms with Gasteiger partial charge in [-0.1, -0.05) is 53.7 Å². The molecule has 0 amide bonds. The van der Waals surface area contributed by atoms with E-state index >= 15 is 0 Å². The maximum atomic E-state index is 10.8. The van der Waals surface area contributed by atoms with E-state index in [4.69, 9.17) is 5.11 Å². The zero-order chi connectivity index (χ0) is 15.4. The molecule has 110 valence electrons. The van der Waals surface area contributed by atoms with Gasteiger partial charge < -0.3 is 5.11 Å². The number of aliphatic carboxylic acids is 1. The molecule has 0 heterocycles. The molecule has 0 saturated carbocycles. The fraction of sp³-hybridized carbons (Fsp3) is 0.500. The molecule has 2 heteroatoms. The highest BCUT2D eigenvalue weighted by Gasteiger charge is 2.15. The summed E-state index contributed by atoms with van der Waals surface area (Å²) in [5, 5.41) is 8.89. The third kappa shape index (κ3) is 3.96. The number of carboxylic acids is 1. The first-order chi connectivity index (χ1) is 9.23. The first-order valence-corrected chi connectivity index (χ1v) is 7.32. The monoisotopic (exact) mass is 274 g/mol. The largest absolute Gasteiger partial charge is 0.478 e. The van der Waals surface area contributed by atoms with Gasteiger partial charge in [0.2, 0.25) is 0 Å². The fourth-order valence-electron chi connectivity index (χ4n) is 2.36. The van der Waals surface area contributed by atoms with Gasteiger partial charge in [0.25, 0.3) is 0 Å². The Morgan fingerprint density at radius 3 is 1.70 bits per heavy atom. The third-order valence-corrected chi connectivity index (χ3v) is 3.57. The zero-order valence-corrected chi connectivity index (χ0v) is 13.4. The third-order valence-electron chi connectivity index (χ3n) is 3.57. The average Bonchev–Trinajstić information content (AvgIpc) is 2.34. The second-order valence-corrected chi connectivity index (χ2v) is 6.25. The van der Waals surface area contributed by atoms with Crippen LogP contribution in [0.2, 0.25) is 0 Å². The summed E-state index contributed by atoms with van der Waals surface area (Å²) in [5.41, 5.74) is 4.86. The molecule has 0 aliphatic carbocycles. The molecule has 0 atom stereocenters. The molecule has 0 fully saturated rings. The molecule has 1 aromatic rings. The molecule has 0 unspecified atom stereocenters. The summed E-state index contributed by atoms with van der Waals surface area (Å²) in [5.74, 6) is 0.323. The molecule has 0 aromatic heterocycles. The van der Waals surface area contributed by atoms with E-state index < -0.39 is 5.97 Å². The SMILES string of the molecule is CC(C)c1cc(C(C)C)c(C=CC(=O)O)c(C(C)C)c1. The van der Waals surface area contributed by atoms with Crippen molar-refractivity contribution in [1.82, 2.24) is 0 Å². The van der Waals surface area contributed by atoms with E-state index in [1.54, 1.807) is 6.08 Å². The minimum Gasteiger partial charge on any atom is -0.478 e. The van der Waals surface area contributed by atoms with Gasteiger partial charge in [-0.15, -0.1) is 0 Å². The van der Waals surface area contributed by atoms with Crippen LogP contribution in [0.4, 0.5) is 0 Å². The smallest absolute Gasteiger partial charge is 0.328 e. The molecular weight excluding hydrogens is 248 g/mol. The van der Waals surface area contributed by atoms with Gasteiger partial charge in [0.1, 0.15) is 0 Å². The average molecular weight is 274 g/mol. The number of rotatable bonds is 5. The maximum absolute atomic E-state index is 10.8. The molecule has 2 nitrogen and oxygen atoms in total. The summed E-state index contributed by atoms with van der Waals surface area (Å²) >= 11 is 0. The van der Waals surface area contributed by atoms with Crippen LogP contribution in [0.5, 0.6) is 0 Å². The van der Waals surface area contributed by atoms with Gasteiger partial charge in [0, 0.05) is 6.08 Å². The normalized spacial score (nSPS) is 12.1. The zero-order valence-electron chi connectivity index (χ0n) is 13.4. The summed E-state index contributed by atoms with van der Waals surface area (Å²) in [6, 6.07) is 4.45. The summed E-state index contributed by atoms with van der Waals surface area (Å²) in [4.78, 5) is 10.8. The summed E-state index contributed by atoms with van der Waals surface area (Å²) in [6.45, 7) is 13.0. The van der Waals surface area contributed by atoms with Gasteiger partial charge in [0.05, 0.1) is 0 Å². The molecule has 1 N–H and O–H groups in total. The topological polar surface area (TPSA) is 37.3 Å². The van der Waals surface area contributed by atoms with Crippen molar-refractivity contribution in [2.45, 2.75) is 59.3 Å². The van der Waals surface area contributed by atoms with Crippen molar-refractivity contribution in [3.05, 3.63) is 40.5 Å². The van der Waals surface area contributed by atoms with Gasteiger partial charge in [-0.2, -0.15) is 0 Å². The standard InChI is InChI=1S/C18H26O2/c1-11(2)14-9-16(12(3)4)15(7-8-18(19)20)17(10-14)13(5)6/h7-13H,1-6H3,(H,19,20). The predicted octanol–water partition coefficient (Wildman–Crippen LogP) is 5.15. The Kier molecular flexibility index (Phi) is 5.55. The molecule has 0 saturated heterocycles. The van der Waals surface area contributed by atoms with Crippen molar-refractivity contribution in [3.8, 4) is 0 Å². The van der Waals surface area contributed by atoms with E-state index in [-0.39, 0.29) is 0 Å². The van der Waals surface area contributed by atoms with Crippen molar-refractivity contribution in [1.29, 1.82) is 0 Å². The highest BCUT2D eigenvalue weighted by Crippen LogP contribution is 2.32. The van der Waals surface area contributed by atoms with Crippen LogP contribution in [-0.4, -0.2) is 11.1 Å². The molecule has 20 heavy (non-hydrogen) atoms. The molecule has 0 aliphatic heterocycles. The minimum atomic E-state index is -0.901. The first-order valence-electron chi connectivity index (χ1n) is 7.32. The van der Waals surface area contributed by atoms with Crippen molar-refractivity contribution in [2.24, 2.45) is 0 Å². The quantitative estimate of drug-likeness (QED) is 0.753. The number of carbonyl (C=O) groups is 1. The van der Waals surface area contributed by atoms with Crippen LogP contribution in [0.25, 0.3) is 6.08 Å². The van der Waals surface area contributed by atoms with Gasteiger partial charge in [-0.05, 0) is 46.1 Å². The number of hydrogen-bond donors (Lipinski definition) is 1. The molecule has 1 rings (SSSR count). The van der Waals surface area contributed by atoms with Crippen molar-refractivity contribution in [3.63, 3.8) is 0 Å². The van der Waals surface area contributed by atoms with E-state index in [2.05, 4.69) is 53.7 Å². The Labute approximate surface area is 122 Å². The first kappa shape index (κ1) is 16.5. The Morgan fingerprint density at radius 2 is 1.40 bits per heavy atom. The van der Waals surface area contributed by atoms with Crippen molar-refractivity contribution >= 4 is 12.0 Å². The van der Waals surface area contributed by atoms with E-state index in [1.165, 1.54) is 22.8 Å². The van der Waals surface area contributed by atoms with Crippen LogP contribution in [0.3, 0.4) is 0 Å². The van der Waals surface area contributed by atoms with Crippen LogP contribution in [-0.2, 0) is 4.79 Å². The van der Waals surface area contributed by atoms with Crippen LogP contribution in [0.15, 0.2) is 18.2 Å². The Balaban J connectivity index is 3.55. The Bertz CT molecular complexity index is 479. The van der Waals surface area contributed by atoms with Gasteiger partial charge in [-0.3, -0.25) is 0 Å². The second-order valence-electron chi connectivity index (χ2n) is 6.25. The highest BCUT2D eigenvalue weighted by molar-refractivity contribution is 5.86. The Morgan fingerprint density at radius 1 is 0.950 bits per heavy atom. The second kappa shape index (κ2) is 6.74.